The maximum atomic E-state index is 12.0. The second kappa shape index (κ2) is 10.2. The molecule has 36 heavy (non-hydrogen) atoms. The first-order valence-corrected chi connectivity index (χ1v) is 12.8. The van der Waals surface area contributed by atoms with Crippen LogP contribution in [0.25, 0.3) is 11.2 Å². The van der Waals surface area contributed by atoms with Crippen molar-refractivity contribution in [1.29, 1.82) is 0 Å². The highest BCUT2D eigenvalue weighted by atomic mass is 31.2. The summed E-state index contributed by atoms with van der Waals surface area (Å²) in [6, 6.07) is 9.21. The number of amides is 2. The van der Waals surface area contributed by atoms with Crippen LogP contribution in [0.4, 0.5) is 10.6 Å². The largest absolute Gasteiger partial charge is 0.469 e. The predicted octanol–water partition coefficient (Wildman–Crippen LogP) is 1.33. The van der Waals surface area contributed by atoms with E-state index in [2.05, 4.69) is 25.6 Å². The Bertz CT molecular complexity index is 1270. The van der Waals surface area contributed by atoms with E-state index in [-0.39, 0.29) is 5.82 Å². The molecule has 5 atom stereocenters. The van der Waals surface area contributed by atoms with Crippen molar-refractivity contribution >= 4 is 30.8 Å². The second-order valence-corrected chi connectivity index (χ2v) is 9.44. The number of hydrogen-bond donors (Lipinski definition) is 4. The number of imidazole rings is 1. The van der Waals surface area contributed by atoms with Crippen molar-refractivity contribution in [3.8, 4) is 0 Å². The van der Waals surface area contributed by atoms with E-state index in [0.29, 0.717) is 24.1 Å². The molecule has 0 aliphatic carbocycles. The molecule has 3 aromatic rings. The first-order chi connectivity index (χ1) is 17.3. The van der Waals surface area contributed by atoms with Gasteiger partial charge in [-0.2, -0.15) is 0 Å². The molecule has 14 nitrogen and oxygen atoms in total. The van der Waals surface area contributed by atoms with E-state index >= 15 is 0 Å². The average Bonchev–Trinajstić information content (AvgIpc) is 3.52. The molecule has 15 heteroatoms. The number of benzene rings is 1. The van der Waals surface area contributed by atoms with Crippen LogP contribution < -0.4 is 10.6 Å². The van der Waals surface area contributed by atoms with Crippen LogP contribution in [0.1, 0.15) is 18.7 Å². The third-order valence-electron chi connectivity index (χ3n) is 5.76. The van der Waals surface area contributed by atoms with E-state index in [4.69, 9.17) is 18.7 Å². The van der Waals surface area contributed by atoms with Gasteiger partial charge in [-0.3, -0.25) is 14.4 Å². The van der Waals surface area contributed by atoms with Crippen molar-refractivity contribution in [1.82, 2.24) is 24.8 Å². The third kappa shape index (κ3) is 5.25. The minimum atomic E-state index is -4.73. The van der Waals surface area contributed by atoms with Crippen LogP contribution in [0.5, 0.6) is 0 Å². The van der Waals surface area contributed by atoms with Crippen molar-refractivity contribution in [2.45, 2.75) is 44.2 Å². The number of phosphoric ester groups is 1. The van der Waals surface area contributed by atoms with Crippen molar-refractivity contribution < 1.29 is 37.9 Å². The molecule has 0 bridgehead atoms. The van der Waals surface area contributed by atoms with Crippen LogP contribution in [-0.4, -0.2) is 73.1 Å². The lowest BCUT2D eigenvalue weighted by Crippen LogP contribution is -2.31. The van der Waals surface area contributed by atoms with Gasteiger partial charge in [0.15, 0.2) is 29.5 Å². The molecule has 4 N–H and O–H groups in total. The number of aromatic nitrogens is 4. The van der Waals surface area contributed by atoms with E-state index in [0.717, 1.165) is 5.56 Å². The number of nitrogens with one attached hydrogen (secondary N) is 2. The molecular formula is C21H25N6O8P. The van der Waals surface area contributed by atoms with Crippen LogP contribution in [0.3, 0.4) is 0 Å². The van der Waals surface area contributed by atoms with Gasteiger partial charge in [0.1, 0.15) is 24.6 Å². The summed E-state index contributed by atoms with van der Waals surface area (Å²) in [5.41, 5.74) is 1.70. The summed E-state index contributed by atoms with van der Waals surface area (Å²) in [5.74, 6) is 0.214. The van der Waals surface area contributed by atoms with Gasteiger partial charge in [-0.05, 0) is 12.5 Å². The molecule has 2 saturated heterocycles. The zero-order chi connectivity index (χ0) is 25.3. The quantitative estimate of drug-likeness (QED) is 0.315. The van der Waals surface area contributed by atoms with Crippen LogP contribution in [0, 0.1) is 0 Å². The maximum absolute atomic E-state index is 12.0. The first-order valence-electron chi connectivity index (χ1n) is 11.2. The minimum absolute atomic E-state index is 0.214. The van der Waals surface area contributed by atoms with Gasteiger partial charge >= 0.3 is 13.9 Å². The number of phosphoric acid groups is 1. The number of carbonyl (C=O) groups is 1. The third-order valence-corrected chi connectivity index (χ3v) is 6.24. The lowest BCUT2D eigenvalue weighted by molar-refractivity contribution is -0.149. The number of hydrogen-bond acceptors (Lipinski definition) is 9. The Hall–Kier alpha value is -2.97. The number of ether oxygens (including phenoxy) is 3. The van der Waals surface area contributed by atoms with Gasteiger partial charge in [0, 0.05) is 13.0 Å². The Morgan fingerprint density at radius 3 is 2.67 bits per heavy atom. The summed E-state index contributed by atoms with van der Waals surface area (Å²) in [7, 11) is -4.73. The zero-order valence-electron chi connectivity index (χ0n) is 19.1. The molecule has 2 aromatic heterocycles. The Morgan fingerprint density at radius 1 is 1.14 bits per heavy atom. The van der Waals surface area contributed by atoms with Crippen molar-refractivity contribution in [3.63, 3.8) is 0 Å². The molecule has 2 aliphatic rings. The van der Waals surface area contributed by atoms with E-state index < -0.39 is 51.3 Å². The summed E-state index contributed by atoms with van der Waals surface area (Å²) >= 11 is 0. The van der Waals surface area contributed by atoms with Gasteiger partial charge in [0.05, 0.1) is 12.9 Å². The van der Waals surface area contributed by atoms with E-state index in [1.165, 1.54) is 12.7 Å². The summed E-state index contributed by atoms with van der Waals surface area (Å²) in [6.45, 7) is 1.82. The molecule has 4 heterocycles. The molecule has 5 rings (SSSR count). The Morgan fingerprint density at radius 2 is 1.92 bits per heavy atom. The van der Waals surface area contributed by atoms with Crippen molar-refractivity contribution in [2.24, 2.45) is 0 Å². The number of nitrogens with zero attached hydrogens (tertiary/aromatic N) is 4. The van der Waals surface area contributed by atoms with Gasteiger partial charge in [0.25, 0.3) is 0 Å². The van der Waals surface area contributed by atoms with Crippen molar-refractivity contribution in [2.75, 3.05) is 18.5 Å². The fourth-order valence-electron chi connectivity index (χ4n) is 4.27. The summed E-state index contributed by atoms with van der Waals surface area (Å²) in [6.07, 6.45) is -0.305. The highest BCUT2D eigenvalue weighted by molar-refractivity contribution is 7.46. The first kappa shape index (κ1) is 24.7. The highest BCUT2D eigenvalue weighted by Crippen LogP contribution is 2.43. The van der Waals surface area contributed by atoms with Crippen LogP contribution in [0.15, 0.2) is 43.0 Å². The lowest BCUT2D eigenvalue weighted by Gasteiger charge is -2.21. The predicted molar refractivity (Wildman–Crippen MR) is 124 cm³/mol. The van der Waals surface area contributed by atoms with Gasteiger partial charge < -0.3 is 29.3 Å². The van der Waals surface area contributed by atoms with Gasteiger partial charge in [0.2, 0.25) is 0 Å². The van der Waals surface area contributed by atoms with Crippen LogP contribution in [-0.2, 0) is 29.7 Å². The monoisotopic (exact) mass is 520 g/mol. The van der Waals surface area contributed by atoms with Gasteiger partial charge in [-0.1, -0.05) is 30.3 Å². The van der Waals surface area contributed by atoms with Gasteiger partial charge in [-0.15, -0.1) is 0 Å². The maximum Gasteiger partial charge on any atom is 0.469 e. The van der Waals surface area contributed by atoms with E-state index in [9.17, 15) is 19.1 Å². The molecule has 0 radical (unpaired) electrons. The molecule has 192 valence electrons. The summed E-state index contributed by atoms with van der Waals surface area (Å²) < 4.78 is 36.0. The minimum Gasteiger partial charge on any atom is -0.347 e. The summed E-state index contributed by atoms with van der Waals surface area (Å²) in [4.78, 5) is 43.1. The molecular weight excluding hydrogens is 495 g/mol. The SMILES string of the molecule is CCNC(=O)Nc1ncnc2c1ncn2[C@@H]1O[C@H](COP(=O)(O)O)[C@@H]2OC(Cc3ccccc3)OC21. The van der Waals surface area contributed by atoms with Crippen molar-refractivity contribution in [3.05, 3.63) is 48.5 Å². The number of anilines is 1. The standard InChI is InChI=1S/C21H25N6O8P/c1-2-22-21(28)26-18-15-19(24-10-23-18)27(11-25-15)20-17-16(13(33-20)9-32-36(29,30)31)34-14(35-17)8-12-6-4-3-5-7-12/h3-7,10-11,13-14,16-17,20H,2,8-9H2,1H3,(H2,29,30,31)(H2,22,23,24,26,28)/t13-,14?,16+,17?,20-/m1/s1. The average molecular weight is 520 g/mol. The van der Waals surface area contributed by atoms with E-state index in [1.54, 1.807) is 11.5 Å². The van der Waals surface area contributed by atoms with Crippen LogP contribution in [0.2, 0.25) is 0 Å². The molecule has 2 amide bonds. The smallest absolute Gasteiger partial charge is 0.347 e. The fraction of sp³-hybridized carbons (Fsp3) is 0.429. The molecule has 2 aliphatic heterocycles. The normalized spacial score (nSPS) is 25.7. The topological polar surface area (TPSA) is 179 Å². The molecule has 2 unspecified atom stereocenters. The molecule has 0 saturated carbocycles. The number of carbonyl (C=O) groups excluding carboxylic acids is 1. The number of fused-ring (bicyclic) bond motifs is 2. The summed E-state index contributed by atoms with van der Waals surface area (Å²) in [5, 5.41) is 5.26. The highest BCUT2D eigenvalue weighted by Gasteiger charge is 2.54. The van der Waals surface area contributed by atoms with Gasteiger partial charge in [-0.25, -0.2) is 24.3 Å². The lowest BCUT2D eigenvalue weighted by atomic mass is 10.1. The van der Waals surface area contributed by atoms with E-state index in [1.807, 2.05) is 30.3 Å². The molecule has 2 fully saturated rings. The second-order valence-electron chi connectivity index (χ2n) is 8.20. The Balaban J connectivity index is 1.41. The number of rotatable bonds is 8. The van der Waals surface area contributed by atoms with Crippen LogP contribution >= 0.6 is 7.82 Å². The Labute approximate surface area is 205 Å². The number of urea groups is 1. The Kier molecular flexibility index (Phi) is 6.99. The zero-order valence-corrected chi connectivity index (χ0v) is 20.0. The molecule has 1 aromatic carbocycles. The fourth-order valence-corrected chi connectivity index (χ4v) is 4.61. The molecule has 0 spiro atoms.